The molecule has 0 N–H and O–H groups in total. The number of furan rings is 1. The summed E-state index contributed by atoms with van der Waals surface area (Å²) in [6.45, 7) is 6.37. The molecule has 0 aliphatic carbocycles. The minimum Gasteiger partial charge on any atom is -0.493 e. The Hall–Kier alpha value is -3.20. The fraction of sp³-hybridized carbons (Fsp3) is 0.318. The van der Waals surface area contributed by atoms with E-state index in [1.165, 1.54) is 11.1 Å². The minimum atomic E-state index is -3.83. The van der Waals surface area contributed by atoms with Gasteiger partial charge in [0.15, 0.2) is 17.3 Å². The molecular weight excluding hydrogens is 416 g/mol. The van der Waals surface area contributed by atoms with Crippen molar-refractivity contribution in [1.29, 1.82) is 0 Å². The Labute approximate surface area is 181 Å². The van der Waals surface area contributed by atoms with Gasteiger partial charge in [-0.15, -0.1) is 5.10 Å². The lowest BCUT2D eigenvalue weighted by Crippen LogP contribution is -2.14. The van der Waals surface area contributed by atoms with Crippen LogP contribution in [-0.2, 0) is 16.4 Å². The Morgan fingerprint density at radius 1 is 1.19 bits per heavy atom. The smallest absolute Gasteiger partial charge is 0.268 e. The SMILES string of the molecule is COc1cc(-c2c(CC(C)C)ccn2S(=O)(=O)c2ccc(C)cc2)oc1C1=NN=NC1. The summed E-state index contributed by atoms with van der Waals surface area (Å²) in [5.74, 6) is 1.57. The number of benzene rings is 1. The highest BCUT2D eigenvalue weighted by molar-refractivity contribution is 7.90. The minimum absolute atomic E-state index is 0.211. The monoisotopic (exact) mass is 440 g/mol. The first-order valence-electron chi connectivity index (χ1n) is 9.95. The van der Waals surface area contributed by atoms with E-state index in [9.17, 15) is 8.42 Å². The normalized spacial score (nSPS) is 13.8. The first kappa shape index (κ1) is 21.0. The molecule has 3 heterocycles. The molecule has 31 heavy (non-hydrogen) atoms. The van der Waals surface area contributed by atoms with Crippen molar-refractivity contribution >= 4 is 15.7 Å². The Morgan fingerprint density at radius 2 is 1.94 bits per heavy atom. The topological polar surface area (TPSA) is 98.5 Å². The van der Waals surface area contributed by atoms with Crippen LogP contribution in [0.3, 0.4) is 0 Å². The summed E-state index contributed by atoms with van der Waals surface area (Å²) in [4.78, 5) is 0.211. The second-order valence-corrected chi connectivity index (χ2v) is 9.66. The highest BCUT2D eigenvalue weighted by Crippen LogP contribution is 2.36. The van der Waals surface area contributed by atoms with Crippen molar-refractivity contribution in [3.8, 4) is 17.2 Å². The van der Waals surface area contributed by atoms with Crippen LogP contribution in [0.4, 0.5) is 0 Å². The van der Waals surface area contributed by atoms with Crippen molar-refractivity contribution < 1.29 is 17.6 Å². The molecule has 0 unspecified atom stereocenters. The number of aromatic nitrogens is 1. The number of ether oxygens (including phenoxy) is 1. The number of methoxy groups -OCH3 is 1. The zero-order chi connectivity index (χ0) is 22.2. The lowest BCUT2D eigenvalue weighted by molar-refractivity contribution is 0.404. The van der Waals surface area contributed by atoms with Gasteiger partial charge in [-0.25, -0.2) is 12.4 Å². The van der Waals surface area contributed by atoms with E-state index in [0.717, 1.165) is 11.1 Å². The maximum absolute atomic E-state index is 13.5. The predicted molar refractivity (Wildman–Crippen MR) is 117 cm³/mol. The molecular formula is C22H24N4O4S. The van der Waals surface area contributed by atoms with Crippen LogP contribution in [0.25, 0.3) is 11.5 Å². The molecule has 0 saturated heterocycles. The molecule has 0 amide bonds. The summed E-state index contributed by atoms with van der Waals surface area (Å²) in [5.41, 5.74) is 2.87. The Morgan fingerprint density at radius 3 is 2.55 bits per heavy atom. The van der Waals surface area contributed by atoms with E-state index in [2.05, 4.69) is 29.3 Å². The molecule has 162 valence electrons. The van der Waals surface area contributed by atoms with Crippen LogP contribution in [0.5, 0.6) is 5.75 Å². The van der Waals surface area contributed by atoms with E-state index < -0.39 is 10.0 Å². The summed E-state index contributed by atoms with van der Waals surface area (Å²) in [6.07, 6.45) is 2.27. The molecule has 0 radical (unpaired) electrons. The highest BCUT2D eigenvalue weighted by Gasteiger charge is 2.28. The fourth-order valence-electron chi connectivity index (χ4n) is 3.52. The maximum Gasteiger partial charge on any atom is 0.268 e. The van der Waals surface area contributed by atoms with Gasteiger partial charge < -0.3 is 9.15 Å². The first-order valence-corrected chi connectivity index (χ1v) is 11.4. The molecule has 3 aromatic rings. The maximum atomic E-state index is 13.5. The third-order valence-electron chi connectivity index (χ3n) is 5.00. The largest absolute Gasteiger partial charge is 0.493 e. The number of aryl methyl sites for hydroxylation is 1. The molecule has 1 aliphatic heterocycles. The predicted octanol–water partition coefficient (Wildman–Crippen LogP) is 4.67. The average Bonchev–Trinajstić information content (AvgIpc) is 3.46. The van der Waals surface area contributed by atoms with Crippen LogP contribution in [0.15, 0.2) is 67.3 Å². The van der Waals surface area contributed by atoms with Gasteiger partial charge in [0.1, 0.15) is 18.0 Å². The zero-order valence-electron chi connectivity index (χ0n) is 17.9. The number of hydrogen-bond donors (Lipinski definition) is 0. The first-order chi connectivity index (χ1) is 14.8. The average molecular weight is 441 g/mol. The summed E-state index contributed by atoms with van der Waals surface area (Å²) < 4.78 is 39.8. The van der Waals surface area contributed by atoms with Gasteiger partial charge in [0.25, 0.3) is 10.0 Å². The van der Waals surface area contributed by atoms with Crippen LogP contribution in [0.2, 0.25) is 0 Å². The van der Waals surface area contributed by atoms with E-state index in [1.54, 1.807) is 36.5 Å². The quantitative estimate of drug-likeness (QED) is 0.533. The third kappa shape index (κ3) is 3.93. The van der Waals surface area contributed by atoms with Gasteiger partial charge in [0.2, 0.25) is 0 Å². The van der Waals surface area contributed by atoms with Crippen molar-refractivity contribution in [3.63, 3.8) is 0 Å². The third-order valence-corrected chi connectivity index (χ3v) is 6.69. The van der Waals surface area contributed by atoms with Crippen molar-refractivity contribution in [3.05, 3.63) is 59.5 Å². The summed E-state index contributed by atoms with van der Waals surface area (Å²) in [5, 5.41) is 11.5. The number of nitrogens with zero attached hydrogens (tertiary/aromatic N) is 4. The highest BCUT2D eigenvalue weighted by atomic mass is 32.2. The van der Waals surface area contributed by atoms with Gasteiger partial charge >= 0.3 is 0 Å². The van der Waals surface area contributed by atoms with Gasteiger partial charge in [0.05, 0.1) is 12.0 Å². The van der Waals surface area contributed by atoms with Gasteiger partial charge in [-0.3, -0.25) is 0 Å². The van der Waals surface area contributed by atoms with Crippen LogP contribution in [-0.4, -0.2) is 31.8 Å². The standard InChI is InChI=1S/C22H24N4O4S/c1-14(2)11-16-9-10-26(31(27,28)17-7-5-15(3)6-8-17)21(16)19-12-20(29-4)22(30-19)18-13-23-25-24-18/h5-10,12,14H,11,13H2,1-4H3. The van der Waals surface area contributed by atoms with Gasteiger partial charge in [-0.05, 0) is 48.2 Å². The number of rotatable bonds is 7. The van der Waals surface area contributed by atoms with Crippen molar-refractivity contribution in [2.45, 2.75) is 32.1 Å². The van der Waals surface area contributed by atoms with E-state index in [1.807, 2.05) is 13.0 Å². The zero-order valence-corrected chi connectivity index (χ0v) is 18.7. The molecule has 4 rings (SSSR count). The second-order valence-electron chi connectivity index (χ2n) is 7.85. The molecule has 9 heteroatoms. The van der Waals surface area contributed by atoms with Crippen molar-refractivity contribution in [1.82, 2.24) is 3.97 Å². The molecule has 0 bridgehead atoms. The molecule has 0 fully saturated rings. The lowest BCUT2D eigenvalue weighted by atomic mass is 10.0. The molecule has 0 spiro atoms. The number of hydrogen-bond acceptors (Lipinski definition) is 7. The van der Waals surface area contributed by atoms with Crippen LogP contribution >= 0.6 is 0 Å². The molecule has 1 aromatic carbocycles. The Balaban J connectivity index is 1.89. The lowest BCUT2D eigenvalue weighted by Gasteiger charge is -2.12. The van der Waals surface area contributed by atoms with Gasteiger partial charge in [0, 0.05) is 12.3 Å². The summed E-state index contributed by atoms with van der Waals surface area (Å²) in [7, 11) is -2.30. The summed E-state index contributed by atoms with van der Waals surface area (Å²) >= 11 is 0. The van der Waals surface area contributed by atoms with Gasteiger partial charge in [-0.2, -0.15) is 5.11 Å². The van der Waals surface area contributed by atoms with Gasteiger partial charge in [-0.1, -0.05) is 31.5 Å². The second kappa shape index (κ2) is 8.14. The van der Waals surface area contributed by atoms with Crippen LogP contribution < -0.4 is 4.74 Å². The van der Waals surface area contributed by atoms with Crippen molar-refractivity contribution in [2.24, 2.45) is 21.4 Å². The Kier molecular flexibility index (Phi) is 5.53. The van der Waals surface area contributed by atoms with Crippen LogP contribution in [0.1, 0.15) is 30.7 Å². The summed E-state index contributed by atoms with van der Waals surface area (Å²) in [6, 6.07) is 10.3. The fourth-order valence-corrected chi connectivity index (χ4v) is 4.90. The van der Waals surface area contributed by atoms with Crippen molar-refractivity contribution in [2.75, 3.05) is 13.7 Å². The Bertz CT molecular complexity index is 1270. The van der Waals surface area contributed by atoms with E-state index >= 15 is 0 Å². The molecule has 2 aromatic heterocycles. The van der Waals surface area contributed by atoms with E-state index in [0.29, 0.717) is 41.0 Å². The van der Waals surface area contributed by atoms with Crippen LogP contribution in [0, 0.1) is 12.8 Å². The van der Waals surface area contributed by atoms with E-state index in [-0.39, 0.29) is 11.4 Å². The molecule has 0 saturated carbocycles. The molecule has 8 nitrogen and oxygen atoms in total. The van der Waals surface area contributed by atoms with E-state index in [4.69, 9.17) is 9.15 Å². The molecule has 1 aliphatic rings. The molecule has 0 atom stereocenters.